The van der Waals surface area contributed by atoms with Crippen LogP contribution in [0.15, 0.2) is 30.7 Å². The van der Waals surface area contributed by atoms with Gasteiger partial charge < -0.3 is 14.4 Å². The predicted octanol–water partition coefficient (Wildman–Crippen LogP) is 3.31. The number of anilines is 1. The Morgan fingerprint density at radius 2 is 1.88 bits per heavy atom. The normalized spacial score (nSPS) is 33.3. The monoisotopic (exact) mass is 482 g/mol. The maximum Gasteiger partial charge on any atom is 0.103 e. The van der Waals surface area contributed by atoms with Crippen molar-refractivity contribution < 1.29 is 9.47 Å². The molecule has 34 heavy (non-hydrogen) atoms. The van der Waals surface area contributed by atoms with E-state index in [9.17, 15) is 0 Å². The quantitative estimate of drug-likeness (QED) is 0.556. The van der Waals surface area contributed by atoms with Crippen molar-refractivity contribution in [3.8, 4) is 5.69 Å². The van der Waals surface area contributed by atoms with Crippen molar-refractivity contribution >= 4 is 28.2 Å². The highest BCUT2D eigenvalue weighted by Crippen LogP contribution is 2.62. The van der Waals surface area contributed by atoms with Crippen molar-refractivity contribution in [1.82, 2.24) is 24.5 Å². The smallest absolute Gasteiger partial charge is 0.103 e. The Kier molecular flexibility index (Phi) is 4.63. The van der Waals surface area contributed by atoms with Crippen LogP contribution in [0.5, 0.6) is 0 Å². The second-order valence-corrected chi connectivity index (χ2v) is 11.2. The summed E-state index contributed by atoms with van der Waals surface area (Å²) < 4.78 is 15.7. The Hall–Kier alpha value is -2.13. The van der Waals surface area contributed by atoms with Gasteiger partial charge in [0, 0.05) is 38.7 Å². The van der Waals surface area contributed by atoms with E-state index in [0.29, 0.717) is 13.2 Å². The maximum atomic E-state index is 6.78. The van der Waals surface area contributed by atoms with Crippen LogP contribution in [-0.2, 0) is 15.0 Å². The third-order valence-electron chi connectivity index (χ3n) is 8.93. The van der Waals surface area contributed by atoms with E-state index in [1.165, 1.54) is 19.3 Å². The molecule has 3 aromatic rings. The molecule has 180 valence electrons. The van der Waals surface area contributed by atoms with Crippen LogP contribution in [0.25, 0.3) is 16.6 Å². The van der Waals surface area contributed by atoms with Gasteiger partial charge in [-0.2, -0.15) is 10.2 Å². The molecule has 1 aromatic carbocycles. The van der Waals surface area contributed by atoms with E-state index in [2.05, 4.69) is 38.8 Å². The lowest BCUT2D eigenvalue weighted by Gasteiger charge is -2.61. The summed E-state index contributed by atoms with van der Waals surface area (Å²) in [5.74, 6) is 0.924. The fourth-order valence-corrected chi connectivity index (χ4v) is 6.89. The Labute approximate surface area is 204 Å². The number of ether oxygens (including phenoxy) is 2. The summed E-state index contributed by atoms with van der Waals surface area (Å²) in [5.41, 5.74) is 3.35. The molecule has 5 aliphatic rings. The van der Waals surface area contributed by atoms with E-state index < -0.39 is 0 Å². The average molecular weight is 483 g/mol. The van der Waals surface area contributed by atoms with E-state index in [0.717, 1.165) is 59.4 Å². The van der Waals surface area contributed by atoms with Crippen molar-refractivity contribution in [3.05, 3.63) is 35.7 Å². The molecule has 0 spiro atoms. The van der Waals surface area contributed by atoms with Crippen molar-refractivity contribution in [1.29, 1.82) is 0 Å². The van der Waals surface area contributed by atoms with Crippen LogP contribution < -0.4 is 4.90 Å². The third kappa shape index (κ3) is 2.95. The summed E-state index contributed by atoms with van der Waals surface area (Å²) >= 11 is 6.78. The van der Waals surface area contributed by atoms with Gasteiger partial charge in [0.25, 0.3) is 0 Å². The van der Waals surface area contributed by atoms with Gasteiger partial charge in [0.2, 0.25) is 0 Å². The van der Waals surface area contributed by atoms with Gasteiger partial charge in [0.1, 0.15) is 11.8 Å². The number of fused-ring (bicyclic) bond motifs is 1. The van der Waals surface area contributed by atoms with Crippen LogP contribution in [0, 0.1) is 5.92 Å². The van der Waals surface area contributed by atoms with Crippen molar-refractivity contribution in [2.45, 2.75) is 43.4 Å². The minimum atomic E-state index is -0.0756. The van der Waals surface area contributed by atoms with Crippen LogP contribution in [-0.4, -0.2) is 82.6 Å². The van der Waals surface area contributed by atoms with Crippen LogP contribution in [0.3, 0.4) is 0 Å². The first-order valence-electron chi connectivity index (χ1n) is 12.3. The Morgan fingerprint density at radius 3 is 2.59 bits per heavy atom. The number of halogens is 1. The first-order valence-corrected chi connectivity index (χ1v) is 12.7. The molecule has 0 unspecified atom stereocenters. The molecule has 2 aliphatic heterocycles. The number of piperazine rings is 1. The lowest BCUT2D eigenvalue weighted by Crippen LogP contribution is -2.61. The fourth-order valence-electron chi connectivity index (χ4n) is 6.60. The summed E-state index contributed by atoms with van der Waals surface area (Å²) in [5, 5.41) is 11.2. The Morgan fingerprint density at radius 1 is 1.09 bits per heavy atom. The zero-order valence-electron chi connectivity index (χ0n) is 19.8. The predicted molar refractivity (Wildman–Crippen MR) is 131 cm³/mol. The van der Waals surface area contributed by atoms with Gasteiger partial charge in [0.15, 0.2) is 0 Å². The van der Waals surface area contributed by atoms with Gasteiger partial charge in [0.05, 0.1) is 59.1 Å². The molecule has 4 heterocycles. The summed E-state index contributed by atoms with van der Waals surface area (Å²) in [6.07, 6.45) is 9.93. The first kappa shape index (κ1) is 21.2. The van der Waals surface area contributed by atoms with Gasteiger partial charge in [-0.15, -0.1) is 0 Å². The minimum Gasteiger partial charge on any atom is -0.377 e. The Balaban J connectivity index is 1.14. The van der Waals surface area contributed by atoms with Gasteiger partial charge >= 0.3 is 0 Å². The lowest BCUT2D eigenvalue weighted by molar-refractivity contribution is -0.0977. The number of methoxy groups -OCH3 is 1. The molecule has 0 radical (unpaired) electrons. The average Bonchev–Trinajstić information content (AvgIpc) is 3.50. The molecule has 0 amide bonds. The van der Waals surface area contributed by atoms with E-state index in [-0.39, 0.29) is 17.2 Å². The van der Waals surface area contributed by atoms with Gasteiger partial charge in [-0.05, 0) is 44.2 Å². The maximum absolute atomic E-state index is 6.78. The number of nitrogens with zero attached hydrogens (tertiary/aromatic N) is 6. The highest BCUT2D eigenvalue weighted by atomic mass is 35.5. The molecule has 0 N–H and O–H groups in total. The summed E-state index contributed by atoms with van der Waals surface area (Å²) in [6.45, 7) is 7.35. The topological polar surface area (TPSA) is 60.6 Å². The standard InChI is InChI=1S/C25H31ClN6O2/c1-24(16-34-15-23(24)33-2)30-5-3-29(4-6-30)22-8-21-18(7-20(22)26)12-28-32(21)19-13-27-31(14-19)25-9-17(10-25)11-25/h7-8,12-14,17,23H,3-6,9-11,15-16H2,1-2H3/t17?,23-,24+,25?/m0/s1. The molecule has 8 rings (SSSR count). The number of hydrogen-bond donors (Lipinski definition) is 0. The summed E-state index contributed by atoms with van der Waals surface area (Å²) in [4.78, 5) is 4.91. The first-order chi connectivity index (χ1) is 16.5. The van der Waals surface area contributed by atoms with E-state index in [1.54, 1.807) is 7.11 Å². The number of rotatable bonds is 5. The fraction of sp³-hybridized carbons (Fsp3) is 0.600. The molecule has 3 aliphatic carbocycles. The SMILES string of the molecule is CO[C@H]1COC[C@@]1(C)N1CCN(c2cc3c(cnn3-c3cnn(C45CC(C4)C5)c3)cc2Cl)CC1. The van der Waals surface area contributed by atoms with Crippen LogP contribution >= 0.6 is 11.6 Å². The second kappa shape index (κ2) is 7.43. The van der Waals surface area contributed by atoms with Gasteiger partial charge in [-0.1, -0.05) is 11.6 Å². The highest BCUT2D eigenvalue weighted by molar-refractivity contribution is 6.34. The molecular formula is C25H31ClN6O2. The summed E-state index contributed by atoms with van der Waals surface area (Å²) in [6, 6.07) is 4.23. The number of aromatic nitrogens is 4. The molecule has 3 saturated carbocycles. The van der Waals surface area contributed by atoms with Crippen molar-refractivity contribution in [3.63, 3.8) is 0 Å². The van der Waals surface area contributed by atoms with E-state index in [1.807, 2.05) is 23.1 Å². The minimum absolute atomic E-state index is 0.0756. The van der Waals surface area contributed by atoms with Gasteiger partial charge in [-0.3, -0.25) is 9.58 Å². The molecular weight excluding hydrogens is 452 g/mol. The van der Waals surface area contributed by atoms with Crippen LogP contribution in [0.4, 0.5) is 5.69 Å². The largest absolute Gasteiger partial charge is 0.377 e. The molecule has 2 atom stereocenters. The zero-order chi connectivity index (χ0) is 23.1. The molecule has 8 nitrogen and oxygen atoms in total. The molecule has 2 aromatic heterocycles. The van der Waals surface area contributed by atoms with Gasteiger partial charge in [-0.25, -0.2) is 4.68 Å². The zero-order valence-corrected chi connectivity index (χ0v) is 20.5. The number of benzene rings is 1. The third-order valence-corrected chi connectivity index (χ3v) is 9.23. The summed E-state index contributed by atoms with van der Waals surface area (Å²) in [7, 11) is 1.78. The lowest BCUT2D eigenvalue weighted by atomic mass is 9.50. The van der Waals surface area contributed by atoms with Crippen LogP contribution in [0.1, 0.15) is 26.2 Å². The van der Waals surface area contributed by atoms with Crippen molar-refractivity contribution in [2.24, 2.45) is 5.92 Å². The van der Waals surface area contributed by atoms with E-state index in [4.69, 9.17) is 26.2 Å². The second-order valence-electron chi connectivity index (χ2n) is 10.8. The highest BCUT2D eigenvalue weighted by Gasteiger charge is 2.58. The number of hydrogen-bond acceptors (Lipinski definition) is 6. The Bertz CT molecular complexity index is 1230. The van der Waals surface area contributed by atoms with E-state index >= 15 is 0 Å². The molecule has 9 heteroatoms. The van der Waals surface area contributed by atoms with Crippen LogP contribution in [0.2, 0.25) is 5.02 Å². The van der Waals surface area contributed by atoms with Crippen molar-refractivity contribution in [2.75, 3.05) is 51.4 Å². The molecule has 2 saturated heterocycles. The molecule has 5 fully saturated rings. The molecule has 2 bridgehead atoms.